The molecular formula is C8H12O4. The Balaban J connectivity index is 2.49. The Kier molecular flexibility index (Phi) is 3.25. The van der Waals surface area contributed by atoms with E-state index in [0.29, 0.717) is 6.42 Å². The highest BCUT2D eigenvalue weighted by Crippen LogP contribution is 2.13. The molecule has 4 nitrogen and oxygen atoms in total. The maximum atomic E-state index is 11.0. The fourth-order valence-corrected chi connectivity index (χ4v) is 0.993. The quantitative estimate of drug-likeness (QED) is 0.449. The van der Waals surface area contributed by atoms with Crippen LogP contribution in [0.2, 0.25) is 0 Å². The smallest absolute Gasteiger partial charge is 0.335 e. The summed E-state index contributed by atoms with van der Waals surface area (Å²) in [6.07, 6.45) is 3.21. The lowest BCUT2D eigenvalue weighted by Gasteiger charge is -2.22. The zero-order chi connectivity index (χ0) is 8.97. The summed E-state index contributed by atoms with van der Waals surface area (Å²) in [5.41, 5.74) is 0. The number of methoxy groups -OCH3 is 2. The van der Waals surface area contributed by atoms with Gasteiger partial charge < -0.3 is 14.2 Å². The summed E-state index contributed by atoms with van der Waals surface area (Å²) < 4.78 is 14.6. The van der Waals surface area contributed by atoms with E-state index >= 15 is 0 Å². The molecule has 0 fully saturated rings. The van der Waals surface area contributed by atoms with E-state index in [0.717, 1.165) is 0 Å². The largest absolute Gasteiger partial charge is 0.467 e. The van der Waals surface area contributed by atoms with Gasteiger partial charge in [0.25, 0.3) is 0 Å². The zero-order valence-electron chi connectivity index (χ0n) is 7.15. The van der Waals surface area contributed by atoms with Gasteiger partial charge in [0, 0.05) is 13.5 Å². The van der Waals surface area contributed by atoms with Crippen LogP contribution in [0.1, 0.15) is 6.42 Å². The molecule has 0 amide bonds. The molecule has 0 aromatic rings. The Morgan fingerprint density at radius 1 is 1.58 bits per heavy atom. The van der Waals surface area contributed by atoms with E-state index < -0.39 is 12.4 Å². The maximum Gasteiger partial charge on any atom is 0.335 e. The van der Waals surface area contributed by atoms with Crippen molar-refractivity contribution < 1.29 is 19.0 Å². The first-order valence-corrected chi connectivity index (χ1v) is 3.70. The Morgan fingerprint density at radius 3 is 2.92 bits per heavy atom. The van der Waals surface area contributed by atoms with Gasteiger partial charge in [0.1, 0.15) is 0 Å². The second-order valence-corrected chi connectivity index (χ2v) is 2.42. The Labute approximate surface area is 71.1 Å². The van der Waals surface area contributed by atoms with Gasteiger partial charge in [-0.1, -0.05) is 6.08 Å². The van der Waals surface area contributed by atoms with Crippen LogP contribution in [-0.4, -0.2) is 32.6 Å². The first-order chi connectivity index (χ1) is 5.77. The predicted molar refractivity (Wildman–Crippen MR) is 41.4 cm³/mol. The van der Waals surface area contributed by atoms with Crippen molar-refractivity contribution in [2.24, 2.45) is 0 Å². The zero-order valence-corrected chi connectivity index (χ0v) is 7.15. The number of hydrogen-bond acceptors (Lipinski definition) is 4. The summed E-state index contributed by atoms with van der Waals surface area (Å²) in [6, 6.07) is 0. The van der Waals surface area contributed by atoms with Crippen LogP contribution in [0.15, 0.2) is 12.2 Å². The average molecular weight is 172 g/mol. The average Bonchev–Trinajstić information content (AvgIpc) is 2.17. The second kappa shape index (κ2) is 4.23. The lowest BCUT2D eigenvalue weighted by Crippen LogP contribution is -2.32. The minimum Gasteiger partial charge on any atom is -0.467 e. The molecule has 4 heteroatoms. The molecule has 0 saturated heterocycles. The van der Waals surface area contributed by atoms with Crippen LogP contribution in [0.25, 0.3) is 0 Å². The van der Waals surface area contributed by atoms with Gasteiger partial charge in [-0.2, -0.15) is 0 Å². The summed E-state index contributed by atoms with van der Waals surface area (Å²) in [5.74, 6) is -0.360. The SMILES string of the molecule is COC(=O)[C@@H]1CC=C[C@@H](OC)O1. The summed E-state index contributed by atoms with van der Waals surface area (Å²) >= 11 is 0. The molecule has 1 aliphatic rings. The monoisotopic (exact) mass is 172 g/mol. The normalized spacial score (nSPS) is 28.5. The van der Waals surface area contributed by atoms with Crippen molar-refractivity contribution in [1.29, 1.82) is 0 Å². The van der Waals surface area contributed by atoms with E-state index in [-0.39, 0.29) is 5.97 Å². The third-order valence-corrected chi connectivity index (χ3v) is 1.64. The molecule has 0 unspecified atom stereocenters. The molecule has 12 heavy (non-hydrogen) atoms. The number of hydrogen-bond donors (Lipinski definition) is 0. The molecule has 0 radical (unpaired) electrons. The van der Waals surface area contributed by atoms with Crippen molar-refractivity contribution in [3.05, 3.63) is 12.2 Å². The van der Waals surface area contributed by atoms with E-state index in [1.165, 1.54) is 14.2 Å². The number of carbonyl (C=O) groups is 1. The van der Waals surface area contributed by atoms with Crippen LogP contribution in [0.3, 0.4) is 0 Å². The van der Waals surface area contributed by atoms with Crippen LogP contribution in [-0.2, 0) is 19.0 Å². The standard InChI is InChI=1S/C8H12O4/c1-10-7-5-3-4-6(12-7)8(9)11-2/h3,5-7H,4H2,1-2H3/t6-,7-/m0/s1. The van der Waals surface area contributed by atoms with Gasteiger partial charge in [-0.15, -0.1) is 0 Å². The van der Waals surface area contributed by atoms with Crippen LogP contribution < -0.4 is 0 Å². The lowest BCUT2D eigenvalue weighted by molar-refractivity contribution is -0.175. The van der Waals surface area contributed by atoms with Crippen LogP contribution in [0, 0.1) is 0 Å². The van der Waals surface area contributed by atoms with Crippen LogP contribution >= 0.6 is 0 Å². The minimum absolute atomic E-state index is 0.360. The fourth-order valence-electron chi connectivity index (χ4n) is 0.993. The van der Waals surface area contributed by atoms with E-state index in [1.807, 2.05) is 6.08 Å². The highest BCUT2D eigenvalue weighted by atomic mass is 16.7. The molecular weight excluding hydrogens is 160 g/mol. The van der Waals surface area contributed by atoms with Gasteiger partial charge in [0.2, 0.25) is 0 Å². The van der Waals surface area contributed by atoms with Crippen molar-refractivity contribution in [2.45, 2.75) is 18.8 Å². The highest BCUT2D eigenvalue weighted by Gasteiger charge is 2.24. The third kappa shape index (κ3) is 2.06. The van der Waals surface area contributed by atoms with Crippen LogP contribution in [0.5, 0.6) is 0 Å². The molecule has 0 bridgehead atoms. The third-order valence-electron chi connectivity index (χ3n) is 1.64. The van der Waals surface area contributed by atoms with E-state index in [9.17, 15) is 4.79 Å². The summed E-state index contributed by atoms with van der Waals surface area (Å²) in [6.45, 7) is 0. The number of ether oxygens (including phenoxy) is 3. The Bertz CT molecular complexity index is 187. The molecule has 0 aromatic heterocycles. The maximum absolute atomic E-state index is 11.0. The van der Waals surface area contributed by atoms with Gasteiger partial charge in [0.15, 0.2) is 12.4 Å². The van der Waals surface area contributed by atoms with Crippen molar-refractivity contribution in [1.82, 2.24) is 0 Å². The van der Waals surface area contributed by atoms with Crippen molar-refractivity contribution in [3.63, 3.8) is 0 Å². The lowest BCUT2D eigenvalue weighted by atomic mass is 10.2. The van der Waals surface area contributed by atoms with Crippen molar-refractivity contribution in [3.8, 4) is 0 Å². The van der Waals surface area contributed by atoms with Crippen LogP contribution in [0.4, 0.5) is 0 Å². The molecule has 0 aliphatic carbocycles. The first-order valence-electron chi connectivity index (χ1n) is 3.70. The fraction of sp³-hybridized carbons (Fsp3) is 0.625. The van der Waals surface area contributed by atoms with Gasteiger partial charge in [-0.25, -0.2) is 4.79 Å². The van der Waals surface area contributed by atoms with Crippen molar-refractivity contribution in [2.75, 3.05) is 14.2 Å². The molecule has 0 spiro atoms. The minimum atomic E-state index is -0.523. The summed E-state index contributed by atoms with van der Waals surface area (Å²) in [7, 11) is 2.86. The second-order valence-electron chi connectivity index (χ2n) is 2.42. The van der Waals surface area contributed by atoms with Gasteiger partial charge in [0.05, 0.1) is 7.11 Å². The predicted octanol–water partition coefficient (Wildman–Crippen LogP) is 0.477. The van der Waals surface area contributed by atoms with E-state index in [4.69, 9.17) is 9.47 Å². The number of carbonyl (C=O) groups excluding carboxylic acids is 1. The molecule has 1 heterocycles. The van der Waals surface area contributed by atoms with Gasteiger partial charge >= 0.3 is 5.97 Å². The highest BCUT2D eigenvalue weighted by molar-refractivity contribution is 5.74. The molecule has 68 valence electrons. The molecule has 0 saturated carbocycles. The van der Waals surface area contributed by atoms with Gasteiger partial charge in [-0.05, 0) is 6.08 Å². The Morgan fingerprint density at radius 2 is 2.33 bits per heavy atom. The molecule has 0 aromatic carbocycles. The Hall–Kier alpha value is -0.870. The number of esters is 1. The molecule has 0 N–H and O–H groups in total. The summed E-state index contributed by atoms with van der Waals surface area (Å²) in [4.78, 5) is 11.0. The van der Waals surface area contributed by atoms with Gasteiger partial charge in [-0.3, -0.25) is 0 Å². The van der Waals surface area contributed by atoms with E-state index in [1.54, 1.807) is 6.08 Å². The topological polar surface area (TPSA) is 44.8 Å². The van der Waals surface area contributed by atoms with Crippen molar-refractivity contribution >= 4 is 5.97 Å². The number of rotatable bonds is 2. The van der Waals surface area contributed by atoms with E-state index in [2.05, 4.69) is 4.74 Å². The summed E-state index contributed by atoms with van der Waals surface area (Å²) in [5, 5.41) is 0. The molecule has 2 atom stereocenters. The molecule has 1 aliphatic heterocycles. The first kappa shape index (κ1) is 9.22. The molecule has 1 rings (SSSR count).